The number of carbonyl (C=O) groups is 1. The van der Waals surface area contributed by atoms with Crippen LogP contribution in [0.25, 0.3) is 22.0 Å². The van der Waals surface area contributed by atoms with Crippen molar-refractivity contribution in [2.75, 3.05) is 18.4 Å². The van der Waals surface area contributed by atoms with Crippen LogP contribution in [-0.2, 0) is 0 Å². The van der Waals surface area contributed by atoms with Gasteiger partial charge in [-0.15, -0.1) is 0 Å². The fourth-order valence-corrected chi connectivity index (χ4v) is 3.36. The number of fused-ring (bicyclic) bond motifs is 1. The number of hydrogen-bond acceptors (Lipinski definition) is 4. The summed E-state index contributed by atoms with van der Waals surface area (Å²) >= 11 is 0. The zero-order valence-corrected chi connectivity index (χ0v) is 14.4. The number of primary amides is 1. The Balaban J connectivity index is 1.50. The highest BCUT2D eigenvalue weighted by atomic mass is 16.2. The molecule has 0 atom stereocenters. The van der Waals surface area contributed by atoms with Crippen molar-refractivity contribution in [3.8, 4) is 11.3 Å². The summed E-state index contributed by atoms with van der Waals surface area (Å²) in [5.74, 6) is 0.619. The molecule has 6 heteroatoms. The van der Waals surface area contributed by atoms with Crippen LogP contribution in [0.3, 0.4) is 0 Å². The number of nitrogens with zero attached hydrogens (tertiary/aromatic N) is 3. The average molecular weight is 347 g/mol. The molecule has 3 N–H and O–H groups in total. The van der Waals surface area contributed by atoms with Crippen LogP contribution >= 0.6 is 0 Å². The molecule has 2 heterocycles. The summed E-state index contributed by atoms with van der Waals surface area (Å²) in [6.45, 7) is 1.33. The molecule has 0 spiro atoms. The molecule has 1 aliphatic rings. The quantitative estimate of drug-likeness (QED) is 0.762. The van der Waals surface area contributed by atoms with Crippen molar-refractivity contribution in [3.05, 3.63) is 54.7 Å². The van der Waals surface area contributed by atoms with Gasteiger partial charge >= 0.3 is 6.03 Å². The van der Waals surface area contributed by atoms with Crippen LogP contribution in [0, 0.1) is 0 Å². The van der Waals surface area contributed by atoms with Gasteiger partial charge in [0.25, 0.3) is 0 Å². The second-order valence-corrected chi connectivity index (χ2v) is 6.57. The number of nitrogens with one attached hydrogen (secondary N) is 1. The van der Waals surface area contributed by atoms with E-state index in [2.05, 4.69) is 45.6 Å². The number of nitrogens with two attached hydrogens (primary N) is 1. The SMILES string of the molecule is NC(=O)N1CCC(Nc2nccc(-c3ccc4ccccc4c3)n2)CC1. The molecule has 2 aromatic carbocycles. The molecule has 0 radical (unpaired) electrons. The zero-order chi connectivity index (χ0) is 17.9. The summed E-state index contributed by atoms with van der Waals surface area (Å²) in [5, 5.41) is 5.79. The Hall–Kier alpha value is -3.15. The standard InChI is InChI=1S/C20H21N5O/c21-19(26)25-11-8-17(9-12-25)23-20-22-10-7-18(24-20)16-6-5-14-3-1-2-4-15(14)13-16/h1-7,10,13,17H,8-9,11-12H2,(H2,21,26)(H,22,23,24). The first-order valence-corrected chi connectivity index (χ1v) is 8.82. The number of carbonyl (C=O) groups excluding carboxylic acids is 1. The third kappa shape index (κ3) is 3.44. The first-order chi connectivity index (χ1) is 12.7. The van der Waals surface area contributed by atoms with Gasteiger partial charge < -0.3 is 16.0 Å². The summed E-state index contributed by atoms with van der Waals surface area (Å²) in [6, 6.07) is 16.4. The van der Waals surface area contributed by atoms with Crippen LogP contribution in [0.1, 0.15) is 12.8 Å². The van der Waals surface area contributed by atoms with Crippen molar-refractivity contribution in [1.82, 2.24) is 14.9 Å². The second kappa shape index (κ2) is 7.00. The van der Waals surface area contributed by atoms with Crippen molar-refractivity contribution in [2.45, 2.75) is 18.9 Å². The van der Waals surface area contributed by atoms with Gasteiger partial charge in [-0.3, -0.25) is 0 Å². The van der Waals surface area contributed by atoms with E-state index in [1.54, 1.807) is 11.1 Å². The van der Waals surface area contributed by atoms with Crippen molar-refractivity contribution in [2.24, 2.45) is 5.73 Å². The molecule has 1 fully saturated rings. The van der Waals surface area contributed by atoms with E-state index in [0.29, 0.717) is 19.0 Å². The van der Waals surface area contributed by atoms with E-state index in [0.717, 1.165) is 24.1 Å². The summed E-state index contributed by atoms with van der Waals surface area (Å²) in [5.41, 5.74) is 7.29. The molecule has 4 rings (SSSR count). The van der Waals surface area contributed by atoms with E-state index < -0.39 is 0 Å². The normalized spacial score (nSPS) is 15.2. The molecule has 132 valence electrons. The minimum atomic E-state index is -0.349. The maximum absolute atomic E-state index is 11.2. The maximum Gasteiger partial charge on any atom is 0.314 e. The molecule has 1 aromatic heterocycles. The van der Waals surface area contributed by atoms with E-state index in [1.165, 1.54) is 10.8 Å². The molecule has 2 amide bonds. The Kier molecular flexibility index (Phi) is 4.39. The Morgan fingerprint density at radius 3 is 2.62 bits per heavy atom. The van der Waals surface area contributed by atoms with Crippen LogP contribution < -0.4 is 11.1 Å². The highest BCUT2D eigenvalue weighted by molar-refractivity contribution is 5.86. The van der Waals surface area contributed by atoms with Crippen molar-refractivity contribution >= 4 is 22.8 Å². The molecule has 0 bridgehead atoms. The molecule has 1 aliphatic heterocycles. The van der Waals surface area contributed by atoms with Crippen LogP contribution in [0.15, 0.2) is 54.7 Å². The molecule has 3 aromatic rings. The highest BCUT2D eigenvalue weighted by Crippen LogP contribution is 2.24. The smallest absolute Gasteiger partial charge is 0.314 e. The van der Waals surface area contributed by atoms with Crippen LogP contribution in [-0.4, -0.2) is 40.0 Å². The predicted molar refractivity (Wildman–Crippen MR) is 103 cm³/mol. The largest absolute Gasteiger partial charge is 0.351 e. The van der Waals surface area contributed by atoms with Crippen molar-refractivity contribution < 1.29 is 4.79 Å². The summed E-state index contributed by atoms with van der Waals surface area (Å²) < 4.78 is 0. The number of piperidine rings is 1. The van der Waals surface area contributed by atoms with E-state index in [4.69, 9.17) is 5.73 Å². The van der Waals surface area contributed by atoms with Gasteiger partial charge in [0.15, 0.2) is 0 Å². The molecule has 6 nitrogen and oxygen atoms in total. The van der Waals surface area contributed by atoms with E-state index in [9.17, 15) is 4.79 Å². The number of likely N-dealkylation sites (tertiary alicyclic amines) is 1. The fourth-order valence-electron chi connectivity index (χ4n) is 3.36. The minimum Gasteiger partial charge on any atom is -0.351 e. The lowest BCUT2D eigenvalue weighted by atomic mass is 10.0. The number of hydrogen-bond donors (Lipinski definition) is 2. The van der Waals surface area contributed by atoms with Gasteiger partial charge in [0.2, 0.25) is 5.95 Å². The monoisotopic (exact) mass is 347 g/mol. The van der Waals surface area contributed by atoms with Gasteiger partial charge in [-0.25, -0.2) is 14.8 Å². The van der Waals surface area contributed by atoms with E-state index in [-0.39, 0.29) is 12.1 Å². The number of benzene rings is 2. The third-order valence-electron chi connectivity index (χ3n) is 4.84. The predicted octanol–water partition coefficient (Wildman–Crippen LogP) is 3.25. The van der Waals surface area contributed by atoms with Crippen molar-refractivity contribution in [1.29, 1.82) is 0 Å². The zero-order valence-electron chi connectivity index (χ0n) is 14.4. The molecule has 0 unspecified atom stereocenters. The first kappa shape index (κ1) is 16.3. The summed E-state index contributed by atoms with van der Waals surface area (Å²) in [4.78, 5) is 21.9. The average Bonchev–Trinajstić information content (AvgIpc) is 2.68. The molecular formula is C20H21N5O. The van der Waals surface area contributed by atoms with Crippen molar-refractivity contribution in [3.63, 3.8) is 0 Å². The van der Waals surface area contributed by atoms with Gasteiger partial charge in [0, 0.05) is 30.9 Å². The van der Waals surface area contributed by atoms with Gasteiger partial charge in [-0.2, -0.15) is 0 Å². The van der Waals surface area contributed by atoms with E-state index >= 15 is 0 Å². The van der Waals surface area contributed by atoms with Crippen LogP contribution in [0.5, 0.6) is 0 Å². The third-order valence-corrected chi connectivity index (χ3v) is 4.84. The molecule has 0 aliphatic carbocycles. The number of urea groups is 1. The topological polar surface area (TPSA) is 84.1 Å². The number of rotatable bonds is 3. The molecule has 1 saturated heterocycles. The lowest BCUT2D eigenvalue weighted by Gasteiger charge is -2.31. The highest BCUT2D eigenvalue weighted by Gasteiger charge is 2.21. The lowest BCUT2D eigenvalue weighted by molar-refractivity contribution is 0.193. The Morgan fingerprint density at radius 1 is 1.08 bits per heavy atom. The summed E-state index contributed by atoms with van der Waals surface area (Å²) in [6.07, 6.45) is 3.46. The summed E-state index contributed by atoms with van der Waals surface area (Å²) in [7, 11) is 0. The number of anilines is 1. The van der Waals surface area contributed by atoms with Gasteiger partial charge in [0.1, 0.15) is 0 Å². The molecule has 0 saturated carbocycles. The maximum atomic E-state index is 11.2. The van der Waals surface area contributed by atoms with Gasteiger partial charge in [-0.1, -0.05) is 36.4 Å². The molecular weight excluding hydrogens is 326 g/mol. The molecule has 26 heavy (non-hydrogen) atoms. The number of amides is 2. The van der Waals surface area contributed by atoms with Crippen LogP contribution in [0.2, 0.25) is 0 Å². The van der Waals surface area contributed by atoms with Crippen LogP contribution in [0.4, 0.5) is 10.7 Å². The lowest BCUT2D eigenvalue weighted by Crippen LogP contribution is -2.44. The Morgan fingerprint density at radius 2 is 1.85 bits per heavy atom. The first-order valence-electron chi connectivity index (χ1n) is 8.82. The van der Waals surface area contributed by atoms with Gasteiger partial charge in [-0.05, 0) is 35.7 Å². The van der Waals surface area contributed by atoms with E-state index in [1.807, 2.05) is 18.2 Å². The minimum absolute atomic E-state index is 0.248. The number of aromatic nitrogens is 2. The second-order valence-electron chi connectivity index (χ2n) is 6.57. The Bertz CT molecular complexity index is 934. The fraction of sp³-hybridized carbons (Fsp3) is 0.250. The Labute approximate surface area is 152 Å². The van der Waals surface area contributed by atoms with Gasteiger partial charge in [0.05, 0.1) is 5.69 Å².